The molecule has 0 spiro atoms. The Bertz CT molecular complexity index is 321. The highest BCUT2D eigenvalue weighted by Gasteiger charge is 2.18. The van der Waals surface area contributed by atoms with E-state index in [1.807, 2.05) is 6.92 Å². The summed E-state index contributed by atoms with van der Waals surface area (Å²) in [6, 6.07) is -0.140. The molecule has 0 fully saturated rings. The van der Waals surface area contributed by atoms with Gasteiger partial charge in [0.05, 0.1) is 11.7 Å². The smallest absolute Gasteiger partial charge is 0.211 e. The Morgan fingerprint density at radius 1 is 1.38 bits per heavy atom. The second-order valence-electron chi connectivity index (χ2n) is 2.96. The van der Waals surface area contributed by atoms with Crippen LogP contribution in [0.15, 0.2) is 21.3 Å². The molecule has 0 amide bonds. The Balaban J connectivity index is 2.97. The van der Waals surface area contributed by atoms with Crippen LogP contribution in [0.1, 0.15) is 26.2 Å². The third-order valence-corrected chi connectivity index (χ3v) is 2.24. The fraction of sp³-hybridized carbons (Fsp3) is 0.556. The van der Waals surface area contributed by atoms with Gasteiger partial charge in [-0.05, 0) is 31.8 Å². The molecule has 4 nitrogen and oxygen atoms in total. The van der Waals surface area contributed by atoms with Crippen LogP contribution in [0.5, 0.6) is 0 Å². The maximum atomic E-state index is 10.1. The summed E-state index contributed by atoms with van der Waals surface area (Å²) in [5.74, 6) is 0. The number of rotatable bonds is 2. The van der Waals surface area contributed by atoms with Gasteiger partial charge in [0.1, 0.15) is 0 Å². The van der Waals surface area contributed by atoms with Crippen molar-refractivity contribution in [3.8, 4) is 0 Å². The summed E-state index contributed by atoms with van der Waals surface area (Å²) in [5, 5.41) is 0. The molecule has 1 unspecified atom stereocenters. The minimum absolute atomic E-state index is 0.140. The molecule has 1 rings (SSSR count). The number of hydrogen-bond acceptors (Lipinski definition) is 4. The van der Waals surface area contributed by atoms with E-state index in [4.69, 9.17) is 0 Å². The Kier molecular flexibility index (Phi) is 3.32. The Morgan fingerprint density at radius 2 is 2.15 bits per heavy atom. The lowest BCUT2D eigenvalue weighted by Gasteiger charge is -2.18. The monoisotopic (exact) mass is 178 g/mol. The predicted molar refractivity (Wildman–Crippen MR) is 46.6 cm³/mol. The second-order valence-corrected chi connectivity index (χ2v) is 2.96. The standard InChI is InChI=1S/C9H10N2O2/c1-7-8(10-5-12)3-2-4-9(7)11-6-13/h8H,2-4H2,1H3. The van der Waals surface area contributed by atoms with Gasteiger partial charge in [0.25, 0.3) is 0 Å². The highest BCUT2D eigenvalue weighted by Crippen LogP contribution is 2.27. The van der Waals surface area contributed by atoms with Gasteiger partial charge in [0.15, 0.2) is 0 Å². The molecule has 68 valence electrons. The molecule has 0 saturated carbocycles. The summed E-state index contributed by atoms with van der Waals surface area (Å²) < 4.78 is 0. The van der Waals surface area contributed by atoms with Gasteiger partial charge in [-0.15, -0.1) is 0 Å². The van der Waals surface area contributed by atoms with Crippen LogP contribution in [0.3, 0.4) is 0 Å². The first kappa shape index (κ1) is 9.59. The summed E-state index contributed by atoms with van der Waals surface area (Å²) in [7, 11) is 0. The Labute approximate surface area is 76.1 Å². The molecule has 0 aromatic heterocycles. The van der Waals surface area contributed by atoms with Crippen molar-refractivity contribution >= 4 is 12.2 Å². The summed E-state index contributed by atoms with van der Waals surface area (Å²) in [6.45, 7) is 1.83. The SMILES string of the molecule is CC1=C(N=C=O)CCCC1N=C=O. The first-order valence-corrected chi connectivity index (χ1v) is 4.14. The van der Waals surface area contributed by atoms with Crippen LogP contribution >= 0.6 is 0 Å². The predicted octanol–water partition coefficient (Wildman–Crippen LogP) is 1.48. The van der Waals surface area contributed by atoms with Crippen molar-refractivity contribution in [1.82, 2.24) is 0 Å². The van der Waals surface area contributed by atoms with Crippen LogP contribution in [0.2, 0.25) is 0 Å². The average molecular weight is 178 g/mol. The van der Waals surface area contributed by atoms with Gasteiger partial charge in [0, 0.05) is 0 Å². The lowest BCUT2D eigenvalue weighted by molar-refractivity contribution is 0.545. The molecule has 0 aromatic rings. The molecular formula is C9H10N2O2. The number of aliphatic imine (C=N–C) groups is 2. The first-order chi connectivity index (χ1) is 6.29. The zero-order valence-corrected chi connectivity index (χ0v) is 7.41. The molecule has 1 atom stereocenters. The van der Waals surface area contributed by atoms with Gasteiger partial charge in [-0.2, -0.15) is 9.98 Å². The fourth-order valence-electron chi connectivity index (χ4n) is 1.49. The third kappa shape index (κ3) is 2.22. The molecule has 1 aliphatic carbocycles. The molecule has 4 heteroatoms. The maximum absolute atomic E-state index is 10.1. The minimum Gasteiger partial charge on any atom is -0.211 e. The molecule has 0 radical (unpaired) electrons. The normalized spacial score (nSPS) is 21.8. The zero-order valence-electron chi connectivity index (χ0n) is 7.41. The number of hydrogen-bond donors (Lipinski definition) is 0. The number of carbonyl (C=O) groups excluding carboxylic acids is 2. The average Bonchev–Trinajstić information content (AvgIpc) is 2.13. The maximum Gasteiger partial charge on any atom is 0.240 e. The summed E-state index contributed by atoms with van der Waals surface area (Å²) >= 11 is 0. The van der Waals surface area contributed by atoms with Crippen molar-refractivity contribution in [2.75, 3.05) is 0 Å². The van der Waals surface area contributed by atoms with Gasteiger partial charge in [-0.25, -0.2) is 9.59 Å². The Hall–Kier alpha value is -1.50. The minimum atomic E-state index is -0.140. The van der Waals surface area contributed by atoms with Gasteiger partial charge < -0.3 is 0 Å². The number of allylic oxidation sites excluding steroid dienone is 1. The summed E-state index contributed by atoms with van der Waals surface area (Å²) in [6.07, 6.45) is 5.54. The highest BCUT2D eigenvalue weighted by atomic mass is 16.1. The van der Waals surface area contributed by atoms with E-state index in [1.165, 1.54) is 12.2 Å². The van der Waals surface area contributed by atoms with E-state index in [0.717, 1.165) is 24.8 Å². The molecule has 0 bridgehead atoms. The van der Waals surface area contributed by atoms with E-state index in [1.54, 1.807) is 0 Å². The zero-order chi connectivity index (χ0) is 9.68. The molecular weight excluding hydrogens is 168 g/mol. The lowest BCUT2D eigenvalue weighted by atomic mass is 9.93. The number of nitrogens with zero attached hydrogens (tertiary/aromatic N) is 2. The van der Waals surface area contributed by atoms with Crippen LogP contribution in [0.4, 0.5) is 0 Å². The molecule has 0 aliphatic heterocycles. The van der Waals surface area contributed by atoms with Gasteiger partial charge in [-0.1, -0.05) is 0 Å². The van der Waals surface area contributed by atoms with Crippen molar-refractivity contribution < 1.29 is 9.59 Å². The fourth-order valence-corrected chi connectivity index (χ4v) is 1.49. The van der Waals surface area contributed by atoms with E-state index in [0.29, 0.717) is 5.70 Å². The van der Waals surface area contributed by atoms with Crippen LogP contribution in [0, 0.1) is 0 Å². The van der Waals surface area contributed by atoms with E-state index in [9.17, 15) is 9.59 Å². The second kappa shape index (κ2) is 4.51. The van der Waals surface area contributed by atoms with Crippen molar-refractivity contribution in [2.24, 2.45) is 9.98 Å². The van der Waals surface area contributed by atoms with E-state index in [-0.39, 0.29) is 6.04 Å². The van der Waals surface area contributed by atoms with Gasteiger partial charge >= 0.3 is 0 Å². The molecule has 0 N–H and O–H groups in total. The van der Waals surface area contributed by atoms with Crippen molar-refractivity contribution in [2.45, 2.75) is 32.2 Å². The van der Waals surface area contributed by atoms with Crippen LogP contribution in [0.25, 0.3) is 0 Å². The summed E-state index contributed by atoms with van der Waals surface area (Å²) in [4.78, 5) is 27.3. The first-order valence-electron chi connectivity index (χ1n) is 4.14. The Morgan fingerprint density at radius 3 is 2.77 bits per heavy atom. The van der Waals surface area contributed by atoms with E-state index >= 15 is 0 Å². The molecule has 0 aromatic carbocycles. The molecule has 0 heterocycles. The van der Waals surface area contributed by atoms with Crippen LogP contribution in [-0.4, -0.2) is 18.2 Å². The van der Waals surface area contributed by atoms with Gasteiger partial charge in [0.2, 0.25) is 12.2 Å². The van der Waals surface area contributed by atoms with E-state index in [2.05, 4.69) is 9.98 Å². The van der Waals surface area contributed by atoms with Crippen molar-refractivity contribution in [3.63, 3.8) is 0 Å². The molecule has 0 saturated heterocycles. The van der Waals surface area contributed by atoms with Crippen LogP contribution < -0.4 is 0 Å². The van der Waals surface area contributed by atoms with Crippen LogP contribution in [-0.2, 0) is 9.59 Å². The van der Waals surface area contributed by atoms with Gasteiger partial charge in [-0.3, -0.25) is 0 Å². The largest absolute Gasteiger partial charge is 0.240 e. The highest BCUT2D eigenvalue weighted by molar-refractivity contribution is 5.40. The quantitative estimate of drug-likeness (QED) is 0.475. The summed E-state index contributed by atoms with van der Waals surface area (Å²) in [5.41, 5.74) is 1.60. The van der Waals surface area contributed by atoms with Crippen molar-refractivity contribution in [3.05, 3.63) is 11.3 Å². The van der Waals surface area contributed by atoms with E-state index < -0.39 is 0 Å². The number of isocyanates is 2. The molecule has 13 heavy (non-hydrogen) atoms. The topological polar surface area (TPSA) is 58.9 Å². The van der Waals surface area contributed by atoms with Crippen molar-refractivity contribution in [1.29, 1.82) is 0 Å². The molecule has 1 aliphatic rings. The third-order valence-electron chi connectivity index (χ3n) is 2.24. The lowest BCUT2D eigenvalue weighted by Crippen LogP contribution is -2.12.